The third kappa shape index (κ3) is 1.34. The SMILES string of the molecule is N#Cc1ccc2c(c1I)[C@H](N)CC2. The molecular weight excluding hydrogens is 275 g/mol. The molecule has 1 aromatic rings. The van der Waals surface area contributed by atoms with Crippen molar-refractivity contribution in [2.75, 3.05) is 0 Å². The average molecular weight is 284 g/mol. The van der Waals surface area contributed by atoms with Crippen LogP contribution in [0.1, 0.15) is 29.2 Å². The molecule has 0 saturated carbocycles. The van der Waals surface area contributed by atoms with E-state index < -0.39 is 0 Å². The van der Waals surface area contributed by atoms with E-state index in [0.29, 0.717) is 0 Å². The van der Waals surface area contributed by atoms with Gasteiger partial charge < -0.3 is 5.73 Å². The van der Waals surface area contributed by atoms with Crippen molar-refractivity contribution < 1.29 is 0 Å². The van der Waals surface area contributed by atoms with E-state index in [4.69, 9.17) is 11.0 Å². The fourth-order valence-electron chi connectivity index (χ4n) is 1.79. The Morgan fingerprint density at radius 1 is 1.54 bits per heavy atom. The molecule has 13 heavy (non-hydrogen) atoms. The van der Waals surface area contributed by atoms with Crippen molar-refractivity contribution in [1.82, 2.24) is 0 Å². The fourth-order valence-corrected chi connectivity index (χ4v) is 2.84. The number of hydrogen-bond donors (Lipinski definition) is 1. The first-order valence-electron chi connectivity index (χ1n) is 4.21. The standard InChI is InChI=1S/C10H9IN2/c11-10-7(5-12)2-1-6-3-4-8(13)9(6)10/h1-2,8H,3-4,13H2/t8-/m1/s1. The fraction of sp³-hybridized carbons (Fsp3) is 0.300. The molecule has 2 rings (SSSR count). The monoisotopic (exact) mass is 284 g/mol. The summed E-state index contributed by atoms with van der Waals surface area (Å²) in [6.45, 7) is 0. The largest absolute Gasteiger partial charge is 0.324 e. The number of rotatable bonds is 0. The molecule has 3 heteroatoms. The lowest BCUT2D eigenvalue weighted by molar-refractivity contribution is 0.711. The molecule has 0 spiro atoms. The van der Waals surface area contributed by atoms with Gasteiger partial charge in [-0.3, -0.25) is 0 Å². The number of aryl methyl sites for hydroxylation is 1. The summed E-state index contributed by atoms with van der Waals surface area (Å²) in [5.41, 5.74) is 9.21. The molecule has 0 bridgehead atoms. The number of nitrogens with zero attached hydrogens (tertiary/aromatic N) is 1. The molecule has 0 aliphatic heterocycles. The van der Waals surface area contributed by atoms with E-state index >= 15 is 0 Å². The molecule has 0 radical (unpaired) electrons. The lowest BCUT2D eigenvalue weighted by atomic mass is 10.1. The van der Waals surface area contributed by atoms with Gasteiger partial charge in [0.15, 0.2) is 0 Å². The van der Waals surface area contributed by atoms with E-state index in [1.165, 1.54) is 11.1 Å². The summed E-state index contributed by atoms with van der Waals surface area (Å²) < 4.78 is 1.04. The Kier molecular flexibility index (Phi) is 2.26. The molecule has 66 valence electrons. The summed E-state index contributed by atoms with van der Waals surface area (Å²) >= 11 is 2.22. The van der Waals surface area contributed by atoms with E-state index in [2.05, 4.69) is 28.7 Å². The van der Waals surface area contributed by atoms with E-state index in [9.17, 15) is 0 Å². The zero-order valence-corrected chi connectivity index (χ0v) is 9.21. The predicted molar refractivity (Wildman–Crippen MR) is 59.1 cm³/mol. The van der Waals surface area contributed by atoms with Crippen molar-refractivity contribution in [3.8, 4) is 6.07 Å². The molecule has 1 atom stereocenters. The number of nitriles is 1. The van der Waals surface area contributed by atoms with Crippen molar-refractivity contribution in [3.05, 3.63) is 32.4 Å². The smallest absolute Gasteiger partial charge is 0.100 e. The van der Waals surface area contributed by atoms with Crippen LogP contribution in [-0.2, 0) is 6.42 Å². The second-order valence-electron chi connectivity index (χ2n) is 3.26. The first-order chi connectivity index (χ1) is 6.24. The van der Waals surface area contributed by atoms with Crippen molar-refractivity contribution in [2.24, 2.45) is 5.73 Å². The van der Waals surface area contributed by atoms with Crippen LogP contribution in [-0.4, -0.2) is 0 Å². The maximum atomic E-state index is 8.84. The van der Waals surface area contributed by atoms with Crippen LogP contribution in [0.15, 0.2) is 12.1 Å². The highest BCUT2D eigenvalue weighted by Crippen LogP contribution is 2.34. The van der Waals surface area contributed by atoms with Gasteiger partial charge in [-0.15, -0.1) is 0 Å². The number of halogens is 1. The number of nitrogens with two attached hydrogens (primary N) is 1. The summed E-state index contributed by atoms with van der Waals surface area (Å²) in [6, 6.07) is 6.24. The molecule has 1 aliphatic rings. The summed E-state index contributed by atoms with van der Waals surface area (Å²) in [5.74, 6) is 0. The summed E-state index contributed by atoms with van der Waals surface area (Å²) in [7, 11) is 0. The summed E-state index contributed by atoms with van der Waals surface area (Å²) in [6.07, 6.45) is 2.07. The lowest BCUT2D eigenvalue weighted by Crippen LogP contribution is -2.07. The minimum Gasteiger partial charge on any atom is -0.324 e. The quantitative estimate of drug-likeness (QED) is 0.742. The Morgan fingerprint density at radius 3 is 3.00 bits per heavy atom. The Hall–Kier alpha value is -0.600. The van der Waals surface area contributed by atoms with Gasteiger partial charge in [-0.2, -0.15) is 5.26 Å². The Bertz CT molecular complexity index is 393. The third-order valence-corrected chi connectivity index (χ3v) is 3.65. The van der Waals surface area contributed by atoms with Crippen molar-refractivity contribution in [2.45, 2.75) is 18.9 Å². The summed E-state index contributed by atoms with van der Waals surface area (Å²) in [4.78, 5) is 0. The van der Waals surface area contributed by atoms with Gasteiger partial charge in [0.2, 0.25) is 0 Å². The molecule has 0 heterocycles. The van der Waals surface area contributed by atoms with Crippen molar-refractivity contribution in [1.29, 1.82) is 5.26 Å². The van der Waals surface area contributed by atoms with E-state index in [1.807, 2.05) is 12.1 Å². The topological polar surface area (TPSA) is 49.8 Å². The maximum Gasteiger partial charge on any atom is 0.100 e. The van der Waals surface area contributed by atoms with Gasteiger partial charge in [0.1, 0.15) is 6.07 Å². The molecule has 1 aromatic carbocycles. The highest BCUT2D eigenvalue weighted by Gasteiger charge is 2.22. The van der Waals surface area contributed by atoms with Crippen LogP contribution >= 0.6 is 22.6 Å². The van der Waals surface area contributed by atoms with Gasteiger partial charge in [-0.25, -0.2) is 0 Å². The van der Waals surface area contributed by atoms with Crippen LogP contribution in [0.3, 0.4) is 0 Å². The minimum absolute atomic E-state index is 0.134. The number of benzene rings is 1. The first kappa shape index (κ1) is 8.97. The van der Waals surface area contributed by atoms with E-state index in [0.717, 1.165) is 22.0 Å². The Balaban J connectivity index is 2.65. The van der Waals surface area contributed by atoms with Crippen LogP contribution in [0.25, 0.3) is 0 Å². The Labute approximate surface area is 90.9 Å². The van der Waals surface area contributed by atoms with Crippen LogP contribution in [0.2, 0.25) is 0 Å². The van der Waals surface area contributed by atoms with Crippen LogP contribution in [0, 0.1) is 14.9 Å². The molecule has 0 amide bonds. The van der Waals surface area contributed by atoms with Gasteiger partial charge in [0.05, 0.1) is 5.56 Å². The normalized spacial score (nSPS) is 19.6. The van der Waals surface area contributed by atoms with Gasteiger partial charge >= 0.3 is 0 Å². The zero-order valence-electron chi connectivity index (χ0n) is 7.05. The second-order valence-corrected chi connectivity index (χ2v) is 4.34. The van der Waals surface area contributed by atoms with Gasteiger partial charge in [-0.1, -0.05) is 6.07 Å². The highest BCUT2D eigenvalue weighted by molar-refractivity contribution is 14.1. The van der Waals surface area contributed by atoms with E-state index in [1.54, 1.807) is 0 Å². The minimum atomic E-state index is 0.134. The lowest BCUT2D eigenvalue weighted by Gasteiger charge is -2.08. The molecule has 0 unspecified atom stereocenters. The second kappa shape index (κ2) is 3.28. The van der Waals surface area contributed by atoms with Crippen molar-refractivity contribution in [3.63, 3.8) is 0 Å². The highest BCUT2D eigenvalue weighted by atomic mass is 127. The zero-order chi connectivity index (χ0) is 9.42. The van der Waals surface area contributed by atoms with Gasteiger partial charge in [0, 0.05) is 9.61 Å². The predicted octanol–water partition coefficient (Wildman–Crippen LogP) is 2.11. The molecule has 0 saturated heterocycles. The van der Waals surface area contributed by atoms with E-state index in [-0.39, 0.29) is 6.04 Å². The molecular formula is C10H9IN2. The van der Waals surface area contributed by atoms with Crippen molar-refractivity contribution >= 4 is 22.6 Å². The average Bonchev–Trinajstić information content (AvgIpc) is 2.49. The molecule has 0 aromatic heterocycles. The molecule has 1 aliphatic carbocycles. The summed E-state index contributed by atoms with van der Waals surface area (Å²) in [5, 5.41) is 8.84. The first-order valence-corrected chi connectivity index (χ1v) is 5.29. The van der Waals surface area contributed by atoms with Gasteiger partial charge in [-0.05, 0) is 52.6 Å². The third-order valence-electron chi connectivity index (χ3n) is 2.49. The maximum absolute atomic E-state index is 8.84. The number of hydrogen-bond acceptors (Lipinski definition) is 2. The molecule has 2 N–H and O–H groups in total. The molecule has 2 nitrogen and oxygen atoms in total. The molecule has 0 fully saturated rings. The van der Waals surface area contributed by atoms with Gasteiger partial charge in [0.25, 0.3) is 0 Å². The Morgan fingerprint density at radius 2 is 2.31 bits per heavy atom. The van der Waals surface area contributed by atoms with Crippen LogP contribution in [0.5, 0.6) is 0 Å². The van der Waals surface area contributed by atoms with Crippen LogP contribution < -0.4 is 5.73 Å². The van der Waals surface area contributed by atoms with Crippen LogP contribution in [0.4, 0.5) is 0 Å². The number of fused-ring (bicyclic) bond motifs is 1.